The van der Waals surface area contributed by atoms with Crippen LogP contribution in [0.5, 0.6) is 5.75 Å². The summed E-state index contributed by atoms with van der Waals surface area (Å²) in [6.45, 7) is 5.34. The van der Waals surface area contributed by atoms with Crippen LogP contribution in [0.3, 0.4) is 0 Å². The van der Waals surface area contributed by atoms with Gasteiger partial charge in [0.1, 0.15) is 17.2 Å². The first-order chi connectivity index (χ1) is 18.2. The first-order valence-electron chi connectivity index (χ1n) is 12.1. The molecule has 4 aromatic rings. The molecule has 1 heterocycles. The molecule has 0 radical (unpaired) electrons. The minimum absolute atomic E-state index is 0.0110. The Labute approximate surface area is 222 Å². The van der Waals surface area contributed by atoms with Crippen molar-refractivity contribution in [1.82, 2.24) is 10.1 Å². The molecule has 0 atom stereocenters. The molecule has 4 rings (SSSR count). The molecule has 0 aliphatic heterocycles. The Bertz CT molecular complexity index is 1500. The Morgan fingerprint density at radius 2 is 1.76 bits per heavy atom. The summed E-state index contributed by atoms with van der Waals surface area (Å²) >= 11 is 0. The number of ether oxygens (including phenoxy) is 1. The molecule has 10 heteroatoms. The van der Waals surface area contributed by atoms with E-state index in [2.05, 4.69) is 15.5 Å². The molecule has 0 spiro atoms. The van der Waals surface area contributed by atoms with Crippen LogP contribution in [0.4, 0.5) is 11.4 Å². The zero-order valence-electron chi connectivity index (χ0n) is 21.7. The topological polar surface area (TPSA) is 115 Å². The number of hydrogen-bond donors (Lipinski definition) is 1. The molecule has 0 fully saturated rings. The predicted molar refractivity (Wildman–Crippen MR) is 145 cm³/mol. The number of para-hydroxylation sites is 1. The van der Waals surface area contributed by atoms with Gasteiger partial charge < -0.3 is 14.6 Å². The van der Waals surface area contributed by atoms with Crippen molar-refractivity contribution in [2.45, 2.75) is 38.0 Å². The van der Waals surface area contributed by atoms with E-state index in [1.54, 1.807) is 61.5 Å². The lowest BCUT2D eigenvalue weighted by atomic mass is 10.1. The molecule has 3 aromatic carbocycles. The van der Waals surface area contributed by atoms with Gasteiger partial charge in [0.05, 0.1) is 12.8 Å². The maximum Gasteiger partial charge on any atom is 0.268 e. The zero-order chi connectivity index (χ0) is 27.3. The second-order valence-electron chi connectivity index (χ2n) is 9.13. The highest BCUT2D eigenvalue weighted by molar-refractivity contribution is 7.93. The van der Waals surface area contributed by atoms with Crippen molar-refractivity contribution in [2.75, 3.05) is 23.3 Å². The summed E-state index contributed by atoms with van der Waals surface area (Å²) < 4.78 is 39.2. The number of aryl methyl sites for hydroxylation is 1. The highest BCUT2D eigenvalue weighted by Crippen LogP contribution is 2.31. The quantitative estimate of drug-likeness (QED) is 0.307. The van der Waals surface area contributed by atoms with E-state index in [0.29, 0.717) is 29.5 Å². The minimum Gasteiger partial charge on any atom is -0.495 e. The van der Waals surface area contributed by atoms with Crippen LogP contribution in [0, 0.1) is 6.92 Å². The van der Waals surface area contributed by atoms with Crippen molar-refractivity contribution in [3.8, 4) is 5.75 Å². The maximum atomic E-state index is 13.8. The number of carbonyl (C=O) groups is 1. The Kier molecular flexibility index (Phi) is 8.11. The fourth-order valence-electron chi connectivity index (χ4n) is 3.81. The average molecular weight is 535 g/mol. The Morgan fingerprint density at radius 3 is 2.39 bits per heavy atom. The number of anilines is 2. The predicted octanol–water partition coefficient (Wildman–Crippen LogP) is 4.93. The highest BCUT2D eigenvalue weighted by Gasteiger charge is 2.30. The number of nitrogens with zero attached hydrogens (tertiary/aromatic N) is 3. The van der Waals surface area contributed by atoms with E-state index >= 15 is 0 Å². The van der Waals surface area contributed by atoms with Gasteiger partial charge in [-0.2, -0.15) is 4.98 Å². The van der Waals surface area contributed by atoms with Crippen molar-refractivity contribution in [1.29, 1.82) is 0 Å². The molecular formula is C28H30N4O5S. The maximum absolute atomic E-state index is 13.8. The SMILES string of the molecule is COc1ccc(C)cc1S(=O)(=O)N(CC(=O)Nc1ccc(Cc2noc(C(C)C)n2)cc1)c1ccccc1. The Morgan fingerprint density at radius 1 is 1.05 bits per heavy atom. The molecule has 0 unspecified atom stereocenters. The number of sulfonamides is 1. The van der Waals surface area contributed by atoms with Gasteiger partial charge in [-0.25, -0.2) is 8.42 Å². The molecule has 0 aliphatic carbocycles. The standard InChI is InChI=1S/C28H30N4O5S/c1-19(2)28-30-26(31-37-28)17-21-11-13-22(14-12-21)29-27(33)18-32(23-8-6-5-7-9-23)38(34,35)25-16-20(3)10-15-24(25)36-4/h5-16,19H,17-18H2,1-4H3,(H,29,33). The number of aromatic nitrogens is 2. The van der Waals surface area contributed by atoms with E-state index in [1.165, 1.54) is 13.2 Å². The van der Waals surface area contributed by atoms with Gasteiger partial charge in [0.25, 0.3) is 10.0 Å². The van der Waals surface area contributed by atoms with E-state index in [4.69, 9.17) is 9.26 Å². The third-order valence-corrected chi connectivity index (χ3v) is 7.59. The monoisotopic (exact) mass is 534 g/mol. The first-order valence-corrected chi connectivity index (χ1v) is 13.5. The molecule has 1 N–H and O–H groups in total. The van der Waals surface area contributed by atoms with Crippen LogP contribution in [0.1, 0.15) is 42.6 Å². The van der Waals surface area contributed by atoms with Crippen molar-refractivity contribution < 1.29 is 22.5 Å². The average Bonchev–Trinajstić information content (AvgIpc) is 3.38. The van der Waals surface area contributed by atoms with Gasteiger partial charge in [-0.1, -0.05) is 55.4 Å². The number of rotatable bonds is 10. The van der Waals surface area contributed by atoms with Crippen LogP contribution in [-0.4, -0.2) is 38.1 Å². The van der Waals surface area contributed by atoms with Crippen molar-refractivity contribution in [3.05, 3.63) is 95.6 Å². The molecule has 198 valence electrons. The highest BCUT2D eigenvalue weighted by atomic mass is 32.2. The number of carbonyl (C=O) groups excluding carboxylic acids is 1. The second kappa shape index (κ2) is 11.5. The van der Waals surface area contributed by atoms with Gasteiger partial charge in [-0.15, -0.1) is 0 Å². The second-order valence-corrected chi connectivity index (χ2v) is 11.0. The van der Waals surface area contributed by atoms with Crippen LogP contribution in [-0.2, 0) is 21.2 Å². The summed E-state index contributed by atoms with van der Waals surface area (Å²) in [5.74, 6) is 1.04. The number of benzene rings is 3. The molecule has 38 heavy (non-hydrogen) atoms. The van der Waals surface area contributed by atoms with Crippen LogP contribution < -0.4 is 14.4 Å². The molecule has 0 saturated carbocycles. The van der Waals surface area contributed by atoms with E-state index in [0.717, 1.165) is 15.4 Å². The lowest BCUT2D eigenvalue weighted by Crippen LogP contribution is -2.38. The smallest absolute Gasteiger partial charge is 0.268 e. The molecule has 1 amide bonds. The van der Waals surface area contributed by atoms with Gasteiger partial charge >= 0.3 is 0 Å². The lowest BCUT2D eigenvalue weighted by molar-refractivity contribution is -0.114. The number of hydrogen-bond acceptors (Lipinski definition) is 7. The summed E-state index contributed by atoms with van der Waals surface area (Å²) in [4.78, 5) is 17.4. The van der Waals surface area contributed by atoms with Gasteiger partial charge in [-0.3, -0.25) is 9.10 Å². The van der Waals surface area contributed by atoms with Crippen LogP contribution in [0.25, 0.3) is 0 Å². The van der Waals surface area contributed by atoms with E-state index in [-0.39, 0.29) is 16.6 Å². The van der Waals surface area contributed by atoms with Gasteiger partial charge in [0.2, 0.25) is 11.8 Å². The normalized spacial score (nSPS) is 11.4. The molecular weight excluding hydrogens is 504 g/mol. The van der Waals surface area contributed by atoms with Gasteiger partial charge in [0, 0.05) is 18.0 Å². The molecule has 0 bridgehead atoms. The van der Waals surface area contributed by atoms with Crippen LogP contribution in [0.2, 0.25) is 0 Å². The van der Waals surface area contributed by atoms with E-state index in [1.807, 2.05) is 26.0 Å². The summed E-state index contributed by atoms with van der Waals surface area (Å²) in [7, 11) is -2.72. The minimum atomic E-state index is -4.13. The third kappa shape index (κ3) is 6.20. The Hall–Kier alpha value is -4.18. The van der Waals surface area contributed by atoms with Crippen molar-refractivity contribution in [2.24, 2.45) is 0 Å². The molecule has 9 nitrogen and oxygen atoms in total. The number of amides is 1. The molecule has 0 aliphatic rings. The Balaban J connectivity index is 1.52. The summed E-state index contributed by atoms with van der Waals surface area (Å²) in [5, 5.41) is 6.79. The van der Waals surface area contributed by atoms with Crippen molar-refractivity contribution in [3.63, 3.8) is 0 Å². The van der Waals surface area contributed by atoms with Gasteiger partial charge in [-0.05, 0) is 54.4 Å². The molecule has 1 aromatic heterocycles. The molecule has 0 saturated heterocycles. The fourth-order valence-corrected chi connectivity index (χ4v) is 5.47. The largest absolute Gasteiger partial charge is 0.495 e. The third-order valence-electron chi connectivity index (χ3n) is 5.80. The number of methoxy groups -OCH3 is 1. The van der Waals surface area contributed by atoms with E-state index < -0.39 is 22.5 Å². The van der Waals surface area contributed by atoms with Crippen molar-refractivity contribution >= 4 is 27.3 Å². The summed E-state index contributed by atoms with van der Waals surface area (Å²) in [5.41, 5.74) is 2.60. The zero-order valence-corrected chi connectivity index (χ0v) is 22.5. The summed E-state index contributed by atoms with van der Waals surface area (Å²) in [6.07, 6.45) is 0.489. The lowest BCUT2D eigenvalue weighted by Gasteiger charge is -2.25. The fraction of sp³-hybridized carbons (Fsp3) is 0.250. The first kappa shape index (κ1) is 26.9. The van der Waals surface area contributed by atoms with Crippen LogP contribution >= 0.6 is 0 Å². The van der Waals surface area contributed by atoms with E-state index in [9.17, 15) is 13.2 Å². The summed E-state index contributed by atoms with van der Waals surface area (Å²) in [6, 6.07) is 20.6. The number of nitrogens with one attached hydrogen (secondary N) is 1. The van der Waals surface area contributed by atoms with Crippen LogP contribution in [0.15, 0.2) is 82.2 Å². The van der Waals surface area contributed by atoms with Gasteiger partial charge in [0.15, 0.2) is 5.82 Å².